The van der Waals surface area contributed by atoms with Gasteiger partial charge in [-0.3, -0.25) is 0 Å². The number of hydrogen-bond acceptors (Lipinski definition) is 2. The maximum absolute atomic E-state index is 8.22. The summed E-state index contributed by atoms with van der Waals surface area (Å²) in [5.41, 5.74) is 0.931. The Hall–Kier alpha value is -1.30. The molecular weight excluding hydrogens is 114 g/mol. The van der Waals surface area contributed by atoms with Gasteiger partial charge in [-0.1, -0.05) is 0 Å². The highest BCUT2D eigenvalue weighted by Gasteiger charge is 1.93. The van der Waals surface area contributed by atoms with Crippen molar-refractivity contribution in [2.24, 2.45) is 0 Å². The van der Waals surface area contributed by atoms with Crippen LogP contribution in [0.15, 0.2) is 6.20 Å². The zero-order valence-electron chi connectivity index (χ0n) is 5.18. The number of hydrogen-bond donors (Lipinski definition) is 1. The fourth-order valence-electron chi connectivity index (χ4n) is 0.631. The van der Waals surface area contributed by atoms with Crippen molar-refractivity contribution < 1.29 is 0 Å². The first-order chi connectivity index (χ1) is 4.33. The molecule has 3 nitrogen and oxygen atoms in total. The third-order valence-electron chi connectivity index (χ3n) is 1.01. The Labute approximate surface area is 53.3 Å². The molecule has 1 rings (SSSR count). The minimum atomic E-state index is 0.369. The number of aryl methyl sites for hydroxylation is 1. The van der Waals surface area contributed by atoms with E-state index in [4.69, 9.17) is 5.26 Å². The van der Waals surface area contributed by atoms with E-state index in [1.165, 1.54) is 0 Å². The van der Waals surface area contributed by atoms with Gasteiger partial charge in [0.25, 0.3) is 0 Å². The van der Waals surface area contributed by atoms with Crippen molar-refractivity contribution in [3.8, 4) is 6.07 Å². The van der Waals surface area contributed by atoms with Gasteiger partial charge in [0.05, 0.1) is 18.2 Å². The van der Waals surface area contributed by atoms with E-state index in [9.17, 15) is 0 Å². The number of nitrogens with zero attached hydrogens (tertiary/aromatic N) is 2. The normalized spacial score (nSPS) is 8.89. The summed E-state index contributed by atoms with van der Waals surface area (Å²) in [5, 5.41) is 8.22. The molecule has 0 saturated heterocycles. The molecule has 9 heavy (non-hydrogen) atoms. The Morgan fingerprint density at radius 3 is 3.11 bits per heavy atom. The number of H-pyrrole nitrogens is 1. The summed E-state index contributed by atoms with van der Waals surface area (Å²) in [6.45, 7) is 1.89. The Bertz CT molecular complexity index is 231. The lowest BCUT2D eigenvalue weighted by molar-refractivity contribution is 1.05. The number of imidazole rings is 1. The van der Waals surface area contributed by atoms with Gasteiger partial charge in [-0.15, -0.1) is 0 Å². The van der Waals surface area contributed by atoms with Crippen LogP contribution < -0.4 is 0 Å². The van der Waals surface area contributed by atoms with Gasteiger partial charge >= 0.3 is 0 Å². The fourth-order valence-corrected chi connectivity index (χ4v) is 0.631. The van der Waals surface area contributed by atoms with Gasteiger partial charge in [0.15, 0.2) is 0 Å². The second kappa shape index (κ2) is 2.31. The molecule has 0 radical (unpaired) electrons. The molecule has 0 aromatic carbocycles. The molecule has 0 spiro atoms. The van der Waals surface area contributed by atoms with Crippen molar-refractivity contribution in [2.75, 3.05) is 0 Å². The molecule has 1 aromatic heterocycles. The third-order valence-corrected chi connectivity index (χ3v) is 1.01. The van der Waals surface area contributed by atoms with E-state index >= 15 is 0 Å². The van der Waals surface area contributed by atoms with Gasteiger partial charge in [0, 0.05) is 6.20 Å². The monoisotopic (exact) mass is 121 g/mol. The van der Waals surface area contributed by atoms with Crippen LogP contribution >= 0.6 is 0 Å². The zero-order valence-corrected chi connectivity index (χ0v) is 5.18. The highest BCUT2D eigenvalue weighted by Crippen LogP contribution is 1.93. The molecule has 0 atom stereocenters. The number of rotatable bonds is 1. The van der Waals surface area contributed by atoms with E-state index in [0.717, 1.165) is 11.5 Å². The number of nitrogens with one attached hydrogen (secondary N) is 1. The summed E-state index contributed by atoms with van der Waals surface area (Å²) in [6, 6.07) is 2.00. The highest BCUT2D eigenvalue weighted by atomic mass is 14.9. The summed E-state index contributed by atoms with van der Waals surface area (Å²) >= 11 is 0. The van der Waals surface area contributed by atoms with Crippen molar-refractivity contribution in [1.82, 2.24) is 9.97 Å². The van der Waals surface area contributed by atoms with Crippen molar-refractivity contribution >= 4 is 0 Å². The highest BCUT2D eigenvalue weighted by molar-refractivity contribution is 5.02. The predicted octanol–water partition coefficient (Wildman–Crippen LogP) is 0.784. The van der Waals surface area contributed by atoms with Crippen LogP contribution in [0.25, 0.3) is 0 Å². The molecule has 0 unspecified atom stereocenters. The molecule has 0 bridgehead atoms. The van der Waals surface area contributed by atoms with E-state index in [0.29, 0.717) is 6.42 Å². The number of aromatic nitrogens is 2. The van der Waals surface area contributed by atoms with Crippen molar-refractivity contribution in [3.05, 3.63) is 17.7 Å². The smallest absolute Gasteiger partial charge is 0.120 e. The summed E-state index contributed by atoms with van der Waals surface area (Å²) in [5.74, 6) is 0.745. The van der Waals surface area contributed by atoms with E-state index in [1.807, 2.05) is 13.0 Å². The molecule has 0 aliphatic rings. The Kier molecular flexibility index (Phi) is 1.50. The van der Waals surface area contributed by atoms with Crippen molar-refractivity contribution in [3.63, 3.8) is 0 Å². The van der Waals surface area contributed by atoms with E-state index < -0.39 is 0 Å². The Morgan fingerprint density at radius 2 is 2.67 bits per heavy atom. The lowest BCUT2D eigenvalue weighted by atomic mass is 10.5. The van der Waals surface area contributed by atoms with E-state index in [-0.39, 0.29) is 0 Å². The summed E-state index contributed by atoms with van der Waals surface area (Å²) in [4.78, 5) is 6.90. The Morgan fingerprint density at radius 1 is 1.89 bits per heavy atom. The molecule has 1 aromatic rings. The predicted molar refractivity (Wildman–Crippen MR) is 32.6 cm³/mol. The van der Waals surface area contributed by atoms with Crippen LogP contribution in [-0.4, -0.2) is 9.97 Å². The number of aromatic amines is 1. The van der Waals surface area contributed by atoms with Gasteiger partial charge in [-0.2, -0.15) is 5.26 Å². The molecule has 0 aliphatic carbocycles. The SMILES string of the molecule is Cc1c[nH]c(CC#N)n1. The second-order valence-electron chi connectivity index (χ2n) is 1.82. The first-order valence-electron chi connectivity index (χ1n) is 2.71. The average molecular weight is 121 g/mol. The van der Waals surface area contributed by atoms with Gasteiger partial charge in [0.2, 0.25) is 0 Å². The minimum absolute atomic E-state index is 0.369. The molecule has 0 aliphatic heterocycles. The van der Waals surface area contributed by atoms with Crippen LogP contribution in [0.4, 0.5) is 0 Å². The molecule has 3 heteroatoms. The lowest BCUT2D eigenvalue weighted by Crippen LogP contribution is -1.82. The van der Waals surface area contributed by atoms with Crippen molar-refractivity contribution in [2.45, 2.75) is 13.3 Å². The maximum Gasteiger partial charge on any atom is 0.120 e. The van der Waals surface area contributed by atoms with Gasteiger partial charge in [0.1, 0.15) is 5.82 Å². The molecule has 0 saturated carbocycles. The quantitative estimate of drug-likeness (QED) is 0.597. The molecule has 0 fully saturated rings. The van der Waals surface area contributed by atoms with Crippen LogP contribution in [0.3, 0.4) is 0 Å². The molecule has 1 N–H and O–H groups in total. The van der Waals surface area contributed by atoms with Gasteiger partial charge < -0.3 is 4.98 Å². The van der Waals surface area contributed by atoms with E-state index in [2.05, 4.69) is 9.97 Å². The summed E-state index contributed by atoms with van der Waals surface area (Å²) < 4.78 is 0. The summed E-state index contributed by atoms with van der Waals surface area (Å²) in [7, 11) is 0. The van der Waals surface area contributed by atoms with E-state index in [1.54, 1.807) is 6.20 Å². The summed E-state index contributed by atoms with van der Waals surface area (Å²) in [6.07, 6.45) is 2.15. The average Bonchev–Trinajstić information content (AvgIpc) is 2.17. The van der Waals surface area contributed by atoms with Crippen LogP contribution in [0, 0.1) is 18.3 Å². The van der Waals surface area contributed by atoms with Crippen LogP contribution in [0.5, 0.6) is 0 Å². The van der Waals surface area contributed by atoms with Crippen molar-refractivity contribution in [1.29, 1.82) is 5.26 Å². The minimum Gasteiger partial charge on any atom is -0.347 e. The lowest BCUT2D eigenvalue weighted by Gasteiger charge is -1.78. The molecule has 46 valence electrons. The largest absolute Gasteiger partial charge is 0.347 e. The standard InChI is InChI=1S/C6H7N3/c1-5-4-8-6(9-5)2-3-7/h4H,2H2,1H3,(H,8,9). The van der Waals surface area contributed by atoms with Crippen LogP contribution in [-0.2, 0) is 6.42 Å². The van der Waals surface area contributed by atoms with Gasteiger partial charge in [-0.05, 0) is 6.92 Å². The topological polar surface area (TPSA) is 52.5 Å². The fraction of sp³-hybridized carbons (Fsp3) is 0.333. The first kappa shape index (κ1) is 5.83. The van der Waals surface area contributed by atoms with Gasteiger partial charge in [-0.25, -0.2) is 4.98 Å². The maximum atomic E-state index is 8.22. The molecular formula is C6H7N3. The Balaban J connectivity index is 2.76. The second-order valence-corrected chi connectivity index (χ2v) is 1.82. The molecule has 1 heterocycles. The third kappa shape index (κ3) is 1.29. The zero-order chi connectivity index (χ0) is 6.69. The molecule has 0 amide bonds. The number of nitriles is 1. The van der Waals surface area contributed by atoms with Crippen LogP contribution in [0.1, 0.15) is 11.5 Å². The first-order valence-corrected chi connectivity index (χ1v) is 2.71. The van der Waals surface area contributed by atoms with Crippen LogP contribution in [0.2, 0.25) is 0 Å².